The van der Waals surface area contributed by atoms with Gasteiger partial charge in [-0.3, -0.25) is 9.59 Å². The molecule has 1 unspecified atom stereocenters. The molecule has 0 bridgehead atoms. The van der Waals surface area contributed by atoms with E-state index in [9.17, 15) is 23.1 Å². The Kier molecular flexibility index (Phi) is 6.75. The third-order valence-electron chi connectivity index (χ3n) is 7.12. The molecule has 0 aliphatic heterocycles. The molecule has 0 amide bonds. The zero-order chi connectivity index (χ0) is 23.9. The standard InChI is InChI=1S/C23H30ClN3O5S/c1-27(2)33(31,32)23-15(24)11-12-16(20(23)28)25-18-19(22(30)21(18)29)26-17(14-9-6-10-14)13-7-4-3-5-8-13/h11-14,17,25-26,28H,3-10H2,1-2H3. The first-order chi connectivity index (χ1) is 15.6. The summed E-state index contributed by atoms with van der Waals surface area (Å²) in [6, 6.07) is 2.85. The molecule has 0 aromatic heterocycles. The fraction of sp³-hybridized carbons (Fsp3) is 0.565. The van der Waals surface area contributed by atoms with Crippen LogP contribution in [0.4, 0.5) is 17.1 Å². The number of hydrogen-bond donors (Lipinski definition) is 3. The van der Waals surface area contributed by atoms with Crippen molar-refractivity contribution in [2.24, 2.45) is 11.8 Å². The van der Waals surface area contributed by atoms with E-state index in [4.69, 9.17) is 11.6 Å². The number of phenols is 1. The summed E-state index contributed by atoms with van der Waals surface area (Å²) in [4.78, 5) is 24.4. The van der Waals surface area contributed by atoms with E-state index in [2.05, 4.69) is 10.6 Å². The van der Waals surface area contributed by atoms with Crippen LogP contribution < -0.4 is 21.5 Å². The van der Waals surface area contributed by atoms with Gasteiger partial charge in [0, 0.05) is 20.1 Å². The van der Waals surface area contributed by atoms with Crippen LogP contribution in [-0.2, 0) is 10.0 Å². The summed E-state index contributed by atoms with van der Waals surface area (Å²) in [5.41, 5.74) is -1.03. The molecule has 2 aliphatic rings. The van der Waals surface area contributed by atoms with Gasteiger partial charge in [-0.2, -0.15) is 0 Å². The molecule has 4 rings (SSSR count). The minimum atomic E-state index is -4.04. The Balaban J connectivity index is 1.64. The lowest BCUT2D eigenvalue weighted by Crippen LogP contribution is -2.45. The number of rotatable bonds is 8. The quantitative estimate of drug-likeness (QED) is 0.377. The van der Waals surface area contributed by atoms with Gasteiger partial charge in [-0.05, 0) is 49.7 Å². The Labute approximate surface area is 198 Å². The fourth-order valence-electron chi connectivity index (χ4n) is 4.94. The van der Waals surface area contributed by atoms with Crippen molar-refractivity contribution in [2.75, 3.05) is 24.7 Å². The number of nitrogens with one attached hydrogen (secondary N) is 2. The second-order valence-corrected chi connectivity index (χ2v) is 11.8. The number of sulfonamides is 1. The molecule has 0 saturated heterocycles. The van der Waals surface area contributed by atoms with Crippen molar-refractivity contribution < 1.29 is 13.5 Å². The molecular weight excluding hydrogens is 466 g/mol. The maximum Gasteiger partial charge on any atom is 0.253 e. The molecule has 2 aromatic carbocycles. The van der Waals surface area contributed by atoms with Crippen molar-refractivity contribution in [1.82, 2.24) is 4.31 Å². The zero-order valence-corrected chi connectivity index (χ0v) is 20.4. The predicted molar refractivity (Wildman–Crippen MR) is 130 cm³/mol. The number of phenolic OH excluding ortho intramolecular Hbond substituents is 1. The normalized spacial score (nSPS) is 18.9. The van der Waals surface area contributed by atoms with E-state index in [1.807, 2.05) is 0 Å². The molecule has 8 nitrogen and oxygen atoms in total. The van der Waals surface area contributed by atoms with Crippen LogP contribution in [0.15, 0.2) is 26.6 Å². The SMILES string of the molecule is CN(C)S(=O)(=O)c1c(Cl)ccc(Nc2c(NC(C3CCCCC3)C3CCC3)c(=O)c2=O)c1O. The van der Waals surface area contributed by atoms with Gasteiger partial charge >= 0.3 is 0 Å². The van der Waals surface area contributed by atoms with Crippen LogP contribution in [0, 0.1) is 11.8 Å². The molecule has 2 saturated carbocycles. The Bertz CT molecular complexity index is 1210. The van der Waals surface area contributed by atoms with Gasteiger partial charge in [0.05, 0.1) is 10.7 Å². The summed E-state index contributed by atoms with van der Waals surface area (Å²) in [5, 5.41) is 16.7. The third kappa shape index (κ3) is 4.38. The van der Waals surface area contributed by atoms with Gasteiger partial charge in [-0.25, -0.2) is 12.7 Å². The first-order valence-corrected chi connectivity index (χ1v) is 13.3. The van der Waals surface area contributed by atoms with Crippen LogP contribution in [0.5, 0.6) is 5.75 Å². The molecule has 0 heterocycles. The van der Waals surface area contributed by atoms with E-state index in [-0.39, 0.29) is 28.1 Å². The maximum absolute atomic E-state index is 12.6. The second-order valence-electron chi connectivity index (χ2n) is 9.35. The Morgan fingerprint density at radius 3 is 2.09 bits per heavy atom. The van der Waals surface area contributed by atoms with Crippen LogP contribution in [-0.4, -0.2) is 38.0 Å². The van der Waals surface area contributed by atoms with Crippen molar-refractivity contribution in [2.45, 2.75) is 62.3 Å². The number of benzene rings is 1. The number of halogens is 1. The van der Waals surface area contributed by atoms with Crippen molar-refractivity contribution in [3.63, 3.8) is 0 Å². The van der Waals surface area contributed by atoms with Crippen LogP contribution in [0.1, 0.15) is 51.4 Å². The second kappa shape index (κ2) is 9.27. The third-order valence-corrected chi connectivity index (χ3v) is 9.44. The highest BCUT2D eigenvalue weighted by Crippen LogP contribution is 2.42. The van der Waals surface area contributed by atoms with Crippen molar-refractivity contribution in [3.05, 3.63) is 37.6 Å². The minimum absolute atomic E-state index is 0.00663. The van der Waals surface area contributed by atoms with E-state index < -0.39 is 31.5 Å². The van der Waals surface area contributed by atoms with Crippen molar-refractivity contribution in [3.8, 4) is 5.75 Å². The van der Waals surface area contributed by atoms with Gasteiger partial charge in [0.1, 0.15) is 16.3 Å². The van der Waals surface area contributed by atoms with Gasteiger partial charge in [0.25, 0.3) is 10.9 Å². The van der Waals surface area contributed by atoms with E-state index in [0.717, 1.165) is 30.0 Å². The number of hydrogen-bond acceptors (Lipinski definition) is 7. The number of anilines is 3. The lowest BCUT2D eigenvalue weighted by atomic mass is 9.71. The van der Waals surface area contributed by atoms with Crippen molar-refractivity contribution in [1.29, 1.82) is 0 Å². The Morgan fingerprint density at radius 2 is 1.55 bits per heavy atom. The van der Waals surface area contributed by atoms with Crippen LogP contribution in [0.25, 0.3) is 0 Å². The summed E-state index contributed by atoms with van der Waals surface area (Å²) in [6.45, 7) is 0. The molecule has 10 heteroatoms. The lowest BCUT2D eigenvalue weighted by molar-refractivity contribution is 0.190. The molecule has 1 atom stereocenters. The molecule has 2 aliphatic carbocycles. The van der Waals surface area contributed by atoms with Crippen molar-refractivity contribution >= 4 is 38.7 Å². The topological polar surface area (TPSA) is 116 Å². The summed E-state index contributed by atoms with van der Waals surface area (Å²) in [7, 11) is -1.38. The molecule has 3 N–H and O–H groups in total. The molecule has 2 aromatic rings. The van der Waals surface area contributed by atoms with Gasteiger partial charge in [0.15, 0.2) is 5.75 Å². The molecule has 180 valence electrons. The first-order valence-electron chi connectivity index (χ1n) is 11.4. The predicted octanol–water partition coefficient (Wildman–Crippen LogP) is 3.80. The van der Waals surface area contributed by atoms with E-state index >= 15 is 0 Å². The first kappa shape index (κ1) is 24.0. The molecule has 0 radical (unpaired) electrons. The largest absolute Gasteiger partial charge is 0.504 e. The average Bonchev–Trinajstić information content (AvgIpc) is 2.75. The van der Waals surface area contributed by atoms with E-state index in [0.29, 0.717) is 11.8 Å². The minimum Gasteiger partial charge on any atom is -0.504 e. The highest BCUT2D eigenvalue weighted by Gasteiger charge is 2.36. The fourth-order valence-corrected chi connectivity index (χ4v) is 6.42. The highest BCUT2D eigenvalue weighted by atomic mass is 35.5. The molecule has 33 heavy (non-hydrogen) atoms. The zero-order valence-electron chi connectivity index (χ0n) is 18.9. The highest BCUT2D eigenvalue weighted by molar-refractivity contribution is 7.89. The van der Waals surface area contributed by atoms with Crippen LogP contribution in [0.3, 0.4) is 0 Å². The van der Waals surface area contributed by atoms with Gasteiger partial charge in [-0.1, -0.05) is 37.3 Å². The van der Waals surface area contributed by atoms with E-state index in [1.165, 1.54) is 51.9 Å². The summed E-state index contributed by atoms with van der Waals surface area (Å²) < 4.78 is 26.2. The van der Waals surface area contributed by atoms with Crippen LogP contribution >= 0.6 is 11.6 Å². The average molecular weight is 496 g/mol. The monoisotopic (exact) mass is 495 g/mol. The number of aromatic hydroxyl groups is 1. The summed E-state index contributed by atoms with van der Waals surface area (Å²) in [5.74, 6) is 0.339. The lowest BCUT2D eigenvalue weighted by Gasteiger charge is -2.41. The smallest absolute Gasteiger partial charge is 0.253 e. The van der Waals surface area contributed by atoms with E-state index in [1.54, 1.807) is 0 Å². The van der Waals surface area contributed by atoms with Gasteiger partial charge < -0.3 is 15.7 Å². The molecule has 2 fully saturated rings. The van der Waals surface area contributed by atoms with Gasteiger partial charge in [0.2, 0.25) is 10.0 Å². The Hall–Kier alpha value is -2.10. The van der Waals surface area contributed by atoms with Crippen LogP contribution in [0.2, 0.25) is 5.02 Å². The summed E-state index contributed by atoms with van der Waals surface area (Å²) in [6.07, 6.45) is 9.18. The Morgan fingerprint density at radius 1 is 0.970 bits per heavy atom. The van der Waals surface area contributed by atoms with Gasteiger partial charge in [-0.15, -0.1) is 0 Å². The summed E-state index contributed by atoms with van der Waals surface area (Å²) >= 11 is 6.07. The number of nitrogens with zero attached hydrogens (tertiary/aromatic N) is 1. The maximum atomic E-state index is 12.6. The molecule has 0 spiro atoms. The molecular formula is C23H30ClN3O5S.